The molecule has 0 spiro atoms. The number of nitrogens with zero attached hydrogens (tertiary/aromatic N) is 1. The van der Waals surface area contributed by atoms with Crippen molar-refractivity contribution >= 4 is 5.69 Å². The molecule has 1 aromatic carbocycles. The predicted molar refractivity (Wildman–Crippen MR) is 71.5 cm³/mol. The maximum absolute atomic E-state index is 5.86. The molecule has 0 bridgehead atoms. The fraction of sp³-hybridized carbons (Fsp3) is 0.429. The number of ether oxygens (including phenoxy) is 1. The van der Waals surface area contributed by atoms with Gasteiger partial charge in [0.15, 0.2) is 0 Å². The first-order valence-corrected chi connectivity index (χ1v) is 5.99. The van der Waals surface area contributed by atoms with E-state index in [0.29, 0.717) is 6.54 Å². The molecule has 0 fully saturated rings. The van der Waals surface area contributed by atoms with Crippen molar-refractivity contribution in [1.29, 1.82) is 0 Å². The van der Waals surface area contributed by atoms with Crippen molar-refractivity contribution in [3.63, 3.8) is 0 Å². The number of hydrogen-bond acceptors (Lipinski definition) is 3. The van der Waals surface area contributed by atoms with Crippen molar-refractivity contribution in [2.45, 2.75) is 26.5 Å². The Labute approximate surface area is 103 Å². The summed E-state index contributed by atoms with van der Waals surface area (Å²) in [4.78, 5) is 2.31. The molecule has 0 aliphatic carbocycles. The van der Waals surface area contributed by atoms with Gasteiger partial charge >= 0.3 is 0 Å². The maximum atomic E-state index is 5.86. The Hall–Kier alpha value is -1.48. The van der Waals surface area contributed by atoms with Crippen molar-refractivity contribution < 1.29 is 4.74 Å². The number of fused-ring (bicyclic) bond motifs is 1. The van der Waals surface area contributed by atoms with Crippen LogP contribution in [0.5, 0.6) is 5.75 Å². The van der Waals surface area contributed by atoms with Gasteiger partial charge in [0, 0.05) is 13.1 Å². The largest absolute Gasteiger partial charge is 0.487 e. The van der Waals surface area contributed by atoms with Crippen LogP contribution in [0.2, 0.25) is 0 Å². The van der Waals surface area contributed by atoms with E-state index < -0.39 is 0 Å². The fourth-order valence-corrected chi connectivity index (χ4v) is 2.18. The minimum atomic E-state index is 0.204. The van der Waals surface area contributed by atoms with Gasteiger partial charge in [-0.2, -0.15) is 0 Å². The fourth-order valence-electron chi connectivity index (χ4n) is 2.18. The van der Waals surface area contributed by atoms with Gasteiger partial charge in [0.25, 0.3) is 0 Å². The van der Waals surface area contributed by atoms with Crippen LogP contribution < -0.4 is 15.4 Å². The highest BCUT2D eigenvalue weighted by molar-refractivity contribution is 5.62. The second-order valence-electron chi connectivity index (χ2n) is 4.77. The van der Waals surface area contributed by atoms with Crippen LogP contribution in [0.1, 0.15) is 19.4 Å². The highest BCUT2D eigenvalue weighted by Gasteiger charge is 2.22. The first-order valence-electron chi connectivity index (χ1n) is 5.99. The summed E-state index contributed by atoms with van der Waals surface area (Å²) >= 11 is 0. The summed E-state index contributed by atoms with van der Waals surface area (Å²) < 4.78 is 5.86. The van der Waals surface area contributed by atoms with Crippen molar-refractivity contribution in [2.24, 2.45) is 5.73 Å². The zero-order valence-electron chi connectivity index (χ0n) is 10.6. The lowest BCUT2D eigenvalue weighted by atomic mass is 10.1. The molecule has 0 radical (unpaired) electrons. The van der Waals surface area contributed by atoms with Gasteiger partial charge in [-0.3, -0.25) is 0 Å². The summed E-state index contributed by atoms with van der Waals surface area (Å²) in [5.74, 6) is 0.938. The summed E-state index contributed by atoms with van der Waals surface area (Å²) in [6, 6.07) is 6.19. The summed E-state index contributed by atoms with van der Waals surface area (Å²) in [5, 5.41) is 0. The van der Waals surface area contributed by atoms with E-state index in [-0.39, 0.29) is 6.10 Å². The third-order valence-corrected chi connectivity index (χ3v) is 2.87. The second-order valence-corrected chi connectivity index (χ2v) is 4.77. The van der Waals surface area contributed by atoms with Crippen molar-refractivity contribution in [3.8, 4) is 5.75 Å². The summed E-state index contributed by atoms with van der Waals surface area (Å²) in [6.07, 6.45) is 0.204. The lowest BCUT2D eigenvalue weighted by Crippen LogP contribution is -2.39. The van der Waals surface area contributed by atoms with Crippen LogP contribution >= 0.6 is 0 Å². The average Bonchev–Trinajstić information content (AvgIpc) is 2.27. The topological polar surface area (TPSA) is 38.5 Å². The lowest BCUT2D eigenvalue weighted by molar-refractivity contribution is 0.213. The first-order chi connectivity index (χ1) is 8.10. The van der Waals surface area contributed by atoms with E-state index in [1.165, 1.54) is 0 Å². The molecule has 3 nitrogen and oxygen atoms in total. The smallest absolute Gasteiger partial charge is 0.143 e. The molecule has 1 heterocycles. The third kappa shape index (κ3) is 2.61. The Bertz CT molecular complexity index is 428. The molecular formula is C14H20N2O. The number of benzene rings is 1. The summed E-state index contributed by atoms with van der Waals surface area (Å²) in [5.41, 5.74) is 9.06. The second kappa shape index (κ2) is 4.80. The molecule has 1 aliphatic heterocycles. The summed E-state index contributed by atoms with van der Waals surface area (Å²) in [7, 11) is 0. The van der Waals surface area contributed by atoms with Gasteiger partial charge in [0.2, 0.25) is 0 Å². The van der Waals surface area contributed by atoms with E-state index in [2.05, 4.69) is 30.5 Å². The van der Waals surface area contributed by atoms with Gasteiger partial charge in [0.1, 0.15) is 11.9 Å². The number of anilines is 1. The van der Waals surface area contributed by atoms with E-state index in [4.69, 9.17) is 10.5 Å². The van der Waals surface area contributed by atoms with E-state index >= 15 is 0 Å². The standard InChI is InChI=1S/C14H20N2O/c1-10(2)8-16-9-11(3)17-14-6-12(7-15)4-5-13(14)16/h4-6,11H,1,7-9,15H2,2-3H3. The minimum Gasteiger partial charge on any atom is -0.487 e. The zero-order valence-corrected chi connectivity index (χ0v) is 10.6. The van der Waals surface area contributed by atoms with Crippen LogP contribution in [0.15, 0.2) is 30.4 Å². The van der Waals surface area contributed by atoms with Crippen LogP contribution in [-0.4, -0.2) is 19.2 Å². The molecule has 17 heavy (non-hydrogen) atoms. The van der Waals surface area contributed by atoms with Crippen LogP contribution in [0, 0.1) is 0 Å². The van der Waals surface area contributed by atoms with Gasteiger partial charge in [-0.1, -0.05) is 18.2 Å². The normalized spacial score (nSPS) is 18.5. The van der Waals surface area contributed by atoms with E-state index in [9.17, 15) is 0 Å². The Morgan fingerprint density at radius 2 is 2.35 bits per heavy atom. The van der Waals surface area contributed by atoms with Gasteiger partial charge < -0.3 is 15.4 Å². The quantitative estimate of drug-likeness (QED) is 0.813. The number of hydrogen-bond donors (Lipinski definition) is 1. The van der Waals surface area contributed by atoms with Crippen LogP contribution in [0.25, 0.3) is 0 Å². The van der Waals surface area contributed by atoms with Gasteiger partial charge in [-0.05, 0) is 31.5 Å². The monoisotopic (exact) mass is 232 g/mol. The lowest BCUT2D eigenvalue weighted by Gasteiger charge is -2.35. The van der Waals surface area contributed by atoms with E-state index in [0.717, 1.165) is 35.7 Å². The highest BCUT2D eigenvalue weighted by Crippen LogP contribution is 2.34. The SMILES string of the molecule is C=C(C)CN1CC(C)Oc2cc(CN)ccc21. The highest BCUT2D eigenvalue weighted by atomic mass is 16.5. The molecule has 92 valence electrons. The molecule has 1 atom stereocenters. The number of rotatable bonds is 3. The molecule has 0 amide bonds. The molecule has 2 rings (SSSR count). The van der Waals surface area contributed by atoms with Crippen molar-refractivity contribution in [3.05, 3.63) is 35.9 Å². The molecule has 0 aromatic heterocycles. The Kier molecular flexibility index (Phi) is 3.38. The maximum Gasteiger partial charge on any atom is 0.143 e. The third-order valence-electron chi connectivity index (χ3n) is 2.87. The van der Waals surface area contributed by atoms with E-state index in [1.807, 2.05) is 13.0 Å². The van der Waals surface area contributed by atoms with Crippen LogP contribution in [0.4, 0.5) is 5.69 Å². The van der Waals surface area contributed by atoms with Gasteiger partial charge in [-0.15, -0.1) is 0 Å². The Balaban J connectivity index is 2.33. The van der Waals surface area contributed by atoms with Gasteiger partial charge in [0.05, 0.1) is 12.2 Å². The molecular weight excluding hydrogens is 212 g/mol. The van der Waals surface area contributed by atoms with E-state index in [1.54, 1.807) is 0 Å². The zero-order chi connectivity index (χ0) is 12.4. The van der Waals surface area contributed by atoms with Gasteiger partial charge in [-0.25, -0.2) is 0 Å². The average molecular weight is 232 g/mol. The first kappa shape index (κ1) is 12.0. The molecule has 3 heteroatoms. The molecule has 1 unspecified atom stereocenters. The Morgan fingerprint density at radius 1 is 1.59 bits per heavy atom. The van der Waals surface area contributed by atoms with Crippen molar-refractivity contribution in [1.82, 2.24) is 0 Å². The summed E-state index contributed by atoms with van der Waals surface area (Å²) in [6.45, 7) is 10.4. The molecule has 1 aliphatic rings. The molecule has 2 N–H and O–H groups in total. The Morgan fingerprint density at radius 3 is 3.00 bits per heavy atom. The number of nitrogens with two attached hydrogens (primary N) is 1. The van der Waals surface area contributed by atoms with Crippen LogP contribution in [0.3, 0.4) is 0 Å². The van der Waals surface area contributed by atoms with Crippen LogP contribution in [-0.2, 0) is 6.54 Å². The van der Waals surface area contributed by atoms with Crippen molar-refractivity contribution in [2.75, 3.05) is 18.0 Å². The molecule has 0 saturated heterocycles. The predicted octanol–water partition coefficient (Wildman–Crippen LogP) is 2.31. The minimum absolute atomic E-state index is 0.204. The molecule has 1 aromatic rings. The molecule has 0 saturated carbocycles.